The standard InChI is InChI=1S/C10H5F5N2O2/c11-9(12)7-5(2-16)17-3-4(1-6(18)19)8(7)10(13,14)15/h3,9H,1H2,(H,18,19). The molecule has 0 aliphatic rings. The lowest BCUT2D eigenvalue weighted by atomic mass is 9.99. The highest BCUT2D eigenvalue weighted by Gasteiger charge is 2.40. The second-order valence-corrected chi connectivity index (χ2v) is 3.40. The number of carboxylic acids is 1. The minimum absolute atomic E-state index is 0.474. The van der Waals surface area contributed by atoms with Crippen molar-refractivity contribution in [3.05, 3.63) is 28.6 Å². The van der Waals surface area contributed by atoms with Crippen molar-refractivity contribution in [3.63, 3.8) is 0 Å². The van der Waals surface area contributed by atoms with Gasteiger partial charge in [-0.1, -0.05) is 0 Å². The number of alkyl halides is 5. The van der Waals surface area contributed by atoms with Gasteiger partial charge in [-0.25, -0.2) is 13.8 Å². The van der Waals surface area contributed by atoms with Crippen LogP contribution in [0.2, 0.25) is 0 Å². The number of aliphatic carboxylic acids is 1. The average molecular weight is 280 g/mol. The van der Waals surface area contributed by atoms with E-state index < -0.39 is 47.4 Å². The molecular formula is C10H5F5N2O2. The summed E-state index contributed by atoms with van der Waals surface area (Å²) in [5, 5.41) is 17.0. The van der Waals surface area contributed by atoms with Crippen LogP contribution in [0, 0.1) is 11.3 Å². The Morgan fingerprint density at radius 1 is 1.47 bits per heavy atom. The molecule has 0 radical (unpaired) electrons. The Morgan fingerprint density at radius 2 is 2.05 bits per heavy atom. The topological polar surface area (TPSA) is 74.0 Å². The minimum Gasteiger partial charge on any atom is -0.481 e. The van der Waals surface area contributed by atoms with Crippen LogP contribution in [0.3, 0.4) is 0 Å². The van der Waals surface area contributed by atoms with Gasteiger partial charge in [0.2, 0.25) is 0 Å². The molecule has 0 unspecified atom stereocenters. The average Bonchev–Trinajstić information content (AvgIpc) is 2.25. The molecular weight excluding hydrogens is 275 g/mol. The molecule has 9 heteroatoms. The van der Waals surface area contributed by atoms with Gasteiger partial charge in [-0.05, 0) is 5.56 Å². The van der Waals surface area contributed by atoms with Crippen LogP contribution in [0.5, 0.6) is 0 Å². The molecule has 0 spiro atoms. The van der Waals surface area contributed by atoms with Crippen LogP contribution in [-0.2, 0) is 17.4 Å². The van der Waals surface area contributed by atoms with Crippen molar-refractivity contribution in [1.82, 2.24) is 4.98 Å². The number of carbonyl (C=O) groups is 1. The Labute approximate surface area is 103 Å². The maximum Gasteiger partial charge on any atom is 0.417 e. The van der Waals surface area contributed by atoms with Gasteiger partial charge in [0.05, 0.1) is 17.5 Å². The van der Waals surface area contributed by atoms with E-state index in [0.29, 0.717) is 6.20 Å². The monoisotopic (exact) mass is 280 g/mol. The third-order valence-corrected chi connectivity index (χ3v) is 2.14. The van der Waals surface area contributed by atoms with E-state index >= 15 is 0 Å². The number of aromatic nitrogens is 1. The van der Waals surface area contributed by atoms with E-state index in [9.17, 15) is 26.7 Å². The molecule has 0 aliphatic carbocycles. The molecule has 102 valence electrons. The number of rotatable bonds is 3. The van der Waals surface area contributed by atoms with Crippen LogP contribution >= 0.6 is 0 Å². The summed E-state index contributed by atoms with van der Waals surface area (Å²) in [6.07, 6.45) is -9.44. The van der Waals surface area contributed by atoms with Gasteiger partial charge in [0.25, 0.3) is 6.43 Å². The lowest BCUT2D eigenvalue weighted by Gasteiger charge is -2.16. The summed E-state index contributed by atoms with van der Waals surface area (Å²) < 4.78 is 63.7. The highest BCUT2D eigenvalue weighted by molar-refractivity contribution is 5.71. The molecule has 0 amide bonds. The lowest BCUT2D eigenvalue weighted by Crippen LogP contribution is -2.18. The lowest BCUT2D eigenvalue weighted by molar-refractivity contribution is -0.141. The molecule has 1 rings (SSSR count). The first kappa shape index (κ1) is 14.8. The van der Waals surface area contributed by atoms with Gasteiger partial charge in [0.1, 0.15) is 11.8 Å². The SMILES string of the molecule is N#Cc1ncc(CC(=O)O)c(C(F)(F)F)c1C(F)F. The number of hydrogen-bond donors (Lipinski definition) is 1. The normalized spacial score (nSPS) is 11.4. The molecule has 0 fully saturated rings. The molecule has 0 aromatic carbocycles. The summed E-state index contributed by atoms with van der Waals surface area (Å²) in [6, 6.07) is 1.13. The summed E-state index contributed by atoms with van der Waals surface area (Å²) in [4.78, 5) is 13.6. The maximum absolute atomic E-state index is 12.8. The Bertz CT molecular complexity index is 548. The summed E-state index contributed by atoms with van der Waals surface area (Å²) in [5.41, 5.74) is -5.38. The Hall–Kier alpha value is -2.24. The van der Waals surface area contributed by atoms with Crippen LogP contribution in [-0.4, -0.2) is 16.1 Å². The first-order chi connectivity index (χ1) is 8.68. The fraction of sp³-hybridized carbons (Fsp3) is 0.300. The molecule has 0 aliphatic heterocycles. The predicted molar refractivity (Wildman–Crippen MR) is 50.3 cm³/mol. The van der Waals surface area contributed by atoms with Crippen molar-refractivity contribution in [3.8, 4) is 6.07 Å². The van der Waals surface area contributed by atoms with Crippen molar-refractivity contribution in [1.29, 1.82) is 5.26 Å². The molecule has 0 saturated carbocycles. The van der Waals surface area contributed by atoms with Crippen molar-refractivity contribution in [2.45, 2.75) is 19.0 Å². The largest absolute Gasteiger partial charge is 0.481 e. The second-order valence-electron chi connectivity index (χ2n) is 3.40. The van der Waals surface area contributed by atoms with Gasteiger partial charge in [0, 0.05) is 6.20 Å². The highest BCUT2D eigenvalue weighted by Crippen LogP contribution is 2.39. The van der Waals surface area contributed by atoms with E-state index in [1.54, 1.807) is 0 Å². The third kappa shape index (κ3) is 3.15. The molecule has 1 heterocycles. The summed E-state index contributed by atoms with van der Waals surface area (Å²) in [5.74, 6) is -1.63. The van der Waals surface area contributed by atoms with Crippen LogP contribution < -0.4 is 0 Å². The number of nitrogens with zero attached hydrogens (tertiary/aromatic N) is 2. The highest BCUT2D eigenvalue weighted by atomic mass is 19.4. The fourth-order valence-corrected chi connectivity index (χ4v) is 1.50. The molecule has 1 aromatic heterocycles. The maximum atomic E-state index is 12.8. The summed E-state index contributed by atoms with van der Waals surface area (Å²) >= 11 is 0. The van der Waals surface area contributed by atoms with Gasteiger partial charge < -0.3 is 5.11 Å². The van der Waals surface area contributed by atoms with Crippen molar-refractivity contribution in [2.75, 3.05) is 0 Å². The predicted octanol–water partition coefficient (Wildman–Crippen LogP) is 2.54. The second kappa shape index (κ2) is 5.17. The van der Waals surface area contributed by atoms with E-state index in [1.807, 2.05) is 0 Å². The molecule has 1 N–H and O–H groups in total. The Balaban J connectivity index is 3.65. The van der Waals surface area contributed by atoms with Gasteiger partial charge in [-0.2, -0.15) is 18.4 Å². The fourth-order valence-electron chi connectivity index (χ4n) is 1.50. The van der Waals surface area contributed by atoms with Crippen molar-refractivity contribution in [2.24, 2.45) is 0 Å². The molecule has 1 aromatic rings. The number of carboxylic acid groups (broad SMARTS) is 1. The number of nitriles is 1. The van der Waals surface area contributed by atoms with E-state index in [-0.39, 0.29) is 0 Å². The van der Waals surface area contributed by atoms with E-state index in [2.05, 4.69) is 4.98 Å². The van der Waals surface area contributed by atoms with Gasteiger partial charge in [-0.15, -0.1) is 0 Å². The van der Waals surface area contributed by atoms with Crippen LogP contribution in [0.1, 0.15) is 28.8 Å². The minimum atomic E-state index is -5.20. The quantitative estimate of drug-likeness (QED) is 0.863. The Kier molecular flexibility index (Phi) is 4.04. The van der Waals surface area contributed by atoms with Crippen LogP contribution in [0.25, 0.3) is 0 Å². The Morgan fingerprint density at radius 3 is 2.42 bits per heavy atom. The van der Waals surface area contributed by atoms with E-state index in [4.69, 9.17) is 10.4 Å². The van der Waals surface area contributed by atoms with Gasteiger partial charge >= 0.3 is 12.1 Å². The first-order valence-electron chi connectivity index (χ1n) is 4.67. The summed E-state index contributed by atoms with van der Waals surface area (Å²) in [6.45, 7) is 0. The number of hydrogen-bond acceptors (Lipinski definition) is 3. The third-order valence-electron chi connectivity index (χ3n) is 2.14. The van der Waals surface area contributed by atoms with Crippen LogP contribution in [0.4, 0.5) is 22.0 Å². The number of halogens is 5. The number of pyridine rings is 1. The zero-order valence-electron chi connectivity index (χ0n) is 9.00. The first-order valence-corrected chi connectivity index (χ1v) is 4.67. The summed E-state index contributed by atoms with van der Waals surface area (Å²) in [7, 11) is 0. The smallest absolute Gasteiger partial charge is 0.417 e. The molecule has 4 nitrogen and oxygen atoms in total. The van der Waals surface area contributed by atoms with E-state index in [0.717, 1.165) is 6.07 Å². The van der Waals surface area contributed by atoms with E-state index in [1.165, 1.54) is 0 Å². The van der Waals surface area contributed by atoms with Crippen LogP contribution in [0.15, 0.2) is 6.20 Å². The van der Waals surface area contributed by atoms with Gasteiger partial charge in [0.15, 0.2) is 0 Å². The molecule has 0 bridgehead atoms. The van der Waals surface area contributed by atoms with Gasteiger partial charge in [-0.3, -0.25) is 4.79 Å². The molecule has 0 saturated heterocycles. The van der Waals surface area contributed by atoms with Crippen molar-refractivity contribution >= 4 is 5.97 Å². The zero-order valence-corrected chi connectivity index (χ0v) is 9.00. The van der Waals surface area contributed by atoms with Crippen molar-refractivity contribution < 1.29 is 31.9 Å². The molecule has 19 heavy (non-hydrogen) atoms. The molecule has 0 atom stereocenters. The zero-order chi connectivity index (χ0) is 14.8.